The van der Waals surface area contributed by atoms with Crippen molar-refractivity contribution >= 4 is 23.3 Å². The molecule has 1 aliphatic heterocycles. The Kier molecular flexibility index (Phi) is 5.05. The van der Waals surface area contributed by atoms with E-state index in [0.29, 0.717) is 48.3 Å². The van der Waals surface area contributed by atoms with Crippen LogP contribution in [0.3, 0.4) is 0 Å². The van der Waals surface area contributed by atoms with Crippen molar-refractivity contribution in [3.05, 3.63) is 64.0 Å². The number of halogens is 1. The molecule has 2 aromatic heterocycles. The van der Waals surface area contributed by atoms with Gasteiger partial charge in [0.05, 0.1) is 11.1 Å². The highest BCUT2D eigenvalue weighted by atomic mass is 19.1. The first-order valence-electron chi connectivity index (χ1n) is 10.9. The molecule has 0 atom stereocenters. The minimum Gasteiger partial charge on any atom is -0.340 e. The van der Waals surface area contributed by atoms with Crippen LogP contribution in [0, 0.1) is 25.1 Å². The van der Waals surface area contributed by atoms with Crippen LogP contribution in [0.1, 0.15) is 62.6 Å². The summed E-state index contributed by atoms with van der Waals surface area (Å²) in [7, 11) is 0. The van der Waals surface area contributed by atoms with Crippen LogP contribution in [0.5, 0.6) is 0 Å². The predicted molar refractivity (Wildman–Crippen MR) is 120 cm³/mol. The van der Waals surface area contributed by atoms with Gasteiger partial charge in [-0.3, -0.25) is 19.5 Å². The number of nitrogens with zero attached hydrogens (tertiary/aromatic N) is 3. The Balaban J connectivity index is 1.43. The van der Waals surface area contributed by atoms with Crippen LogP contribution in [0.2, 0.25) is 0 Å². The van der Waals surface area contributed by atoms with E-state index < -0.39 is 29.0 Å². The molecule has 0 saturated heterocycles. The molecular formula is C24H21FN6O3. The van der Waals surface area contributed by atoms with Gasteiger partial charge in [-0.25, -0.2) is 4.39 Å². The zero-order chi connectivity index (χ0) is 24.0. The second-order valence-corrected chi connectivity index (χ2v) is 8.60. The van der Waals surface area contributed by atoms with Crippen LogP contribution in [0.4, 0.5) is 10.1 Å². The van der Waals surface area contributed by atoms with Gasteiger partial charge in [0.2, 0.25) is 0 Å². The van der Waals surface area contributed by atoms with Gasteiger partial charge in [0, 0.05) is 29.7 Å². The van der Waals surface area contributed by atoms with Crippen molar-refractivity contribution in [1.29, 1.82) is 0 Å². The summed E-state index contributed by atoms with van der Waals surface area (Å²) >= 11 is 0. The maximum absolute atomic E-state index is 13.9. The van der Waals surface area contributed by atoms with E-state index in [2.05, 4.69) is 32.0 Å². The molecule has 1 saturated carbocycles. The number of hydrogen-bond donors (Lipinski definition) is 3. The fourth-order valence-corrected chi connectivity index (χ4v) is 4.64. The molecule has 2 amide bonds. The van der Waals surface area contributed by atoms with Gasteiger partial charge in [-0.15, -0.1) is 11.5 Å². The van der Waals surface area contributed by atoms with Crippen LogP contribution in [0.25, 0.3) is 0 Å². The van der Waals surface area contributed by atoms with E-state index >= 15 is 0 Å². The maximum atomic E-state index is 13.9. The number of fused-ring (bicyclic) bond motifs is 1. The summed E-state index contributed by atoms with van der Waals surface area (Å²) in [6.45, 7) is 2.18. The van der Waals surface area contributed by atoms with Gasteiger partial charge in [0.25, 0.3) is 17.6 Å². The van der Waals surface area contributed by atoms with E-state index in [4.69, 9.17) is 6.42 Å². The normalized spacial score (nSPS) is 15.3. The number of anilines is 1. The third-order valence-electron chi connectivity index (χ3n) is 6.39. The third-order valence-corrected chi connectivity index (χ3v) is 6.39. The fraction of sp³-hybridized carbons (Fsp3) is 0.292. The molecule has 0 radical (unpaired) electrons. The quantitative estimate of drug-likeness (QED) is 0.296. The molecule has 1 aliphatic carbocycles. The molecule has 2 aliphatic rings. The van der Waals surface area contributed by atoms with Gasteiger partial charge in [0.1, 0.15) is 17.2 Å². The number of Topliss-reactive ketones (excluding diaryl/α,β-unsaturated/α-hetero) is 1. The number of rotatable bonds is 6. The summed E-state index contributed by atoms with van der Waals surface area (Å²) in [5, 5.41) is 15.7. The molecule has 3 N–H and O–H groups in total. The number of H-pyrrole nitrogens is 1. The van der Waals surface area contributed by atoms with Crippen LogP contribution in [-0.4, -0.2) is 37.6 Å². The summed E-state index contributed by atoms with van der Waals surface area (Å²) in [5.41, 5.74) is 1.95. The highest BCUT2D eigenvalue weighted by molar-refractivity contribution is 6.44. The van der Waals surface area contributed by atoms with E-state index in [1.54, 1.807) is 17.7 Å². The zero-order valence-corrected chi connectivity index (χ0v) is 18.4. The Morgan fingerprint density at radius 3 is 2.74 bits per heavy atom. The van der Waals surface area contributed by atoms with Crippen molar-refractivity contribution in [3.8, 4) is 12.3 Å². The number of hydrogen-bond acceptors (Lipinski definition) is 5. The maximum Gasteiger partial charge on any atom is 0.293 e. The highest BCUT2D eigenvalue weighted by Crippen LogP contribution is 2.44. The van der Waals surface area contributed by atoms with E-state index in [0.717, 1.165) is 6.42 Å². The second-order valence-electron chi connectivity index (χ2n) is 8.60. The molecule has 1 fully saturated rings. The zero-order valence-electron chi connectivity index (χ0n) is 18.4. The molecule has 10 heteroatoms. The molecule has 5 rings (SSSR count). The molecule has 0 spiro atoms. The SMILES string of the molecule is C#Cc1cc(F)cc(NC(=O)c2c(C)c(C(=O)C(=O)NC3(c4c[nH]nn4)CC3)c3n2CCC3)c1. The number of aromatic amines is 1. The molecule has 34 heavy (non-hydrogen) atoms. The number of benzene rings is 1. The Hall–Kier alpha value is -4.26. The average Bonchev–Trinajstić information content (AvgIpc) is 3.15. The molecule has 0 bridgehead atoms. The van der Waals surface area contributed by atoms with E-state index in [1.165, 1.54) is 18.2 Å². The number of ketones is 1. The molecule has 3 heterocycles. The number of carbonyl (C=O) groups is 3. The first-order valence-corrected chi connectivity index (χ1v) is 10.9. The summed E-state index contributed by atoms with van der Waals surface area (Å²) in [5.74, 6) is -0.181. The molecule has 0 unspecified atom stereocenters. The van der Waals surface area contributed by atoms with Gasteiger partial charge >= 0.3 is 0 Å². The van der Waals surface area contributed by atoms with Crippen molar-refractivity contribution in [1.82, 2.24) is 25.3 Å². The molecule has 9 nitrogen and oxygen atoms in total. The topological polar surface area (TPSA) is 122 Å². The van der Waals surface area contributed by atoms with Crippen molar-refractivity contribution in [2.45, 2.75) is 44.7 Å². The van der Waals surface area contributed by atoms with E-state index in [-0.39, 0.29) is 16.9 Å². The monoisotopic (exact) mass is 460 g/mol. The molecule has 172 valence electrons. The molecule has 1 aromatic carbocycles. The van der Waals surface area contributed by atoms with Crippen LogP contribution in [0.15, 0.2) is 24.4 Å². The van der Waals surface area contributed by atoms with Crippen LogP contribution >= 0.6 is 0 Å². The lowest BCUT2D eigenvalue weighted by atomic mass is 10.0. The Morgan fingerprint density at radius 2 is 2.06 bits per heavy atom. The largest absolute Gasteiger partial charge is 0.340 e. The summed E-state index contributed by atoms with van der Waals surface area (Å²) in [6.07, 6.45) is 9.57. The number of terminal acetylenes is 1. The second kappa shape index (κ2) is 7.95. The lowest BCUT2D eigenvalue weighted by molar-refractivity contribution is -0.118. The Bertz CT molecular complexity index is 1380. The van der Waals surface area contributed by atoms with Gasteiger partial charge < -0.3 is 15.2 Å². The summed E-state index contributed by atoms with van der Waals surface area (Å²) < 4.78 is 15.6. The number of aromatic nitrogens is 4. The Labute approximate surface area is 194 Å². The van der Waals surface area contributed by atoms with Crippen molar-refractivity contribution in [2.75, 3.05) is 5.32 Å². The summed E-state index contributed by atoms with van der Waals surface area (Å²) in [6, 6.07) is 3.85. The predicted octanol–water partition coefficient (Wildman–Crippen LogP) is 2.22. The minimum atomic E-state index is -0.750. The first kappa shape index (κ1) is 21.6. The lowest BCUT2D eigenvalue weighted by Crippen LogP contribution is -2.40. The Morgan fingerprint density at radius 1 is 1.26 bits per heavy atom. The van der Waals surface area contributed by atoms with Crippen molar-refractivity contribution in [2.24, 2.45) is 0 Å². The standard InChI is InChI=1S/C24H21FN6O3/c1-3-14-9-15(25)11-16(10-14)27-22(33)20-13(2)19(17-5-4-8-31(17)20)21(32)23(34)28-24(6-7-24)18-12-26-30-29-18/h1,9-12H,4-8H2,2H3,(H,27,33)(H,28,34)(H,26,29,30). The summed E-state index contributed by atoms with van der Waals surface area (Å²) in [4.78, 5) is 39.4. The van der Waals surface area contributed by atoms with Crippen LogP contribution in [-0.2, 0) is 23.3 Å². The number of nitrogens with one attached hydrogen (secondary N) is 3. The average molecular weight is 460 g/mol. The van der Waals surface area contributed by atoms with Gasteiger partial charge in [0.15, 0.2) is 0 Å². The first-order chi connectivity index (χ1) is 16.3. The third kappa shape index (κ3) is 3.55. The smallest absolute Gasteiger partial charge is 0.293 e. The van der Waals surface area contributed by atoms with Gasteiger partial charge in [-0.05, 0) is 56.4 Å². The number of carbonyl (C=O) groups excluding carboxylic acids is 3. The van der Waals surface area contributed by atoms with Crippen molar-refractivity contribution < 1.29 is 18.8 Å². The van der Waals surface area contributed by atoms with Gasteiger partial charge in [-0.1, -0.05) is 11.1 Å². The van der Waals surface area contributed by atoms with E-state index in [1.807, 2.05) is 0 Å². The van der Waals surface area contributed by atoms with Gasteiger partial charge in [-0.2, -0.15) is 0 Å². The molecule has 3 aromatic rings. The van der Waals surface area contributed by atoms with Crippen molar-refractivity contribution in [3.63, 3.8) is 0 Å². The van der Waals surface area contributed by atoms with Crippen LogP contribution < -0.4 is 10.6 Å². The van der Waals surface area contributed by atoms with E-state index in [9.17, 15) is 18.8 Å². The molecular weight excluding hydrogens is 439 g/mol. The minimum absolute atomic E-state index is 0.208. The fourth-order valence-electron chi connectivity index (χ4n) is 4.64. The number of amides is 2. The lowest BCUT2D eigenvalue weighted by Gasteiger charge is -2.14. The highest BCUT2D eigenvalue weighted by Gasteiger charge is 2.49.